The smallest absolute Gasteiger partial charge is 0.263 e. The predicted octanol–water partition coefficient (Wildman–Crippen LogP) is 1.87. The molecule has 0 aliphatic heterocycles. The molecule has 7 heteroatoms. The molecule has 0 spiro atoms. The third-order valence-corrected chi connectivity index (χ3v) is 5.09. The summed E-state index contributed by atoms with van der Waals surface area (Å²) in [7, 11) is -3.68. The van der Waals surface area contributed by atoms with Gasteiger partial charge in [-0.25, -0.2) is 13.4 Å². The molecule has 0 atom stereocenters. The minimum absolute atomic E-state index is 0.194. The van der Waals surface area contributed by atoms with Crippen LogP contribution in [-0.2, 0) is 10.0 Å². The van der Waals surface area contributed by atoms with Crippen LogP contribution in [-0.4, -0.2) is 19.9 Å². The number of anilines is 1. The predicted molar refractivity (Wildman–Crippen MR) is 84.8 cm³/mol. The van der Waals surface area contributed by atoms with Gasteiger partial charge in [-0.05, 0) is 31.5 Å². The molecule has 0 saturated carbocycles. The minimum Gasteiger partial charge on any atom is -0.320 e. The molecular formula is C14H15N3O2S2. The number of thiazole rings is 1. The Bertz CT molecular complexity index is 814. The van der Waals surface area contributed by atoms with E-state index < -0.39 is 10.0 Å². The lowest BCUT2D eigenvalue weighted by molar-refractivity contribution is 0.600. The number of nitrogens with one attached hydrogen (secondary N) is 1. The van der Waals surface area contributed by atoms with Crippen LogP contribution < -0.4 is 10.5 Å². The maximum atomic E-state index is 12.4. The quantitative estimate of drug-likeness (QED) is 0.845. The maximum Gasteiger partial charge on any atom is 0.263 e. The van der Waals surface area contributed by atoms with E-state index in [0.717, 1.165) is 4.88 Å². The van der Waals surface area contributed by atoms with Crippen molar-refractivity contribution in [2.24, 2.45) is 5.73 Å². The molecule has 110 valence electrons. The van der Waals surface area contributed by atoms with Crippen LogP contribution in [0.2, 0.25) is 0 Å². The van der Waals surface area contributed by atoms with E-state index in [2.05, 4.69) is 21.5 Å². The van der Waals surface area contributed by atoms with Crippen LogP contribution >= 0.6 is 11.3 Å². The molecule has 1 aromatic heterocycles. The topological polar surface area (TPSA) is 85.1 Å². The molecule has 2 aromatic rings. The van der Waals surface area contributed by atoms with Crippen molar-refractivity contribution in [3.63, 3.8) is 0 Å². The highest BCUT2D eigenvalue weighted by molar-refractivity contribution is 7.93. The fraction of sp³-hybridized carbons (Fsp3) is 0.214. The number of benzene rings is 1. The van der Waals surface area contributed by atoms with Crippen molar-refractivity contribution in [1.82, 2.24) is 4.98 Å². The number of aryl methyl sites for hydroxylation is 2. The van der Waals surface area contributed by atoms with Crippen molar-refractivity contribution < 1.29 is 8.42 Å². The monoisotopic (exact) mass is 321 g/mol. The molecule has 1 aromatic carbocycles. The first-order valence-corrected chi connectivity index (χ1v) is 8.47. The normalized spacial score (nSPS) is 10.8. The molecule has 0 unspecified atom stereocenters. The van der Waals surface area contributed by atoms with Crippen molar-refractivity contribution in [3.8, 4) is 11.8 Å². The summed E-state index contributed by atoms with van der Waals surface area (Å²) in [5, 5.41) is 0.352. The number of hydrogen-bond donors (Lipinski definition) is 2. The van der Waals surface area contributed by atoms with Crippen molar-refractivity contribution in [2.75, 3.05) is 11.3 Å². The van der Waals surface area contributed by atoms with E-state index in [1.54, 1.807) is 31.3 Å². The van der Waals surface area contributed by atoms with E-state index in [-0.39, 0.29) is 11.4 Å². The van der Waals surface area contributed by atoms with Crippen LogP contribution in [0.25, 0.3) is 0 Å². The van der Waals surface area contributed by atoms with Crippen LogP contribution in [0.5, 0.6) is 0 Å². The van der Waals surface area contributed by atoms with Crippen LogP contribution in [0.15, 0.2) is 29.3 Å². The van der Waals surface area contributed by atoms with E-state index in [1.807, 2.05) is 6.92 Å². The largest absolute Gasteiger partial charge is 0.320 e. The van der Waals surface area contributed by atoms with E-state index in [4.69, 9.17) is 5.73 Å². The average Bonchev–Trinajstić information content (AvgIpc) is 2.82. The number of hydrogen-bond acceptors (Lipinski definition) is 5. The first-order chi connectivity index (χ1) is 9.92. The van der Waals surface area contributed by atoms with Gasteiger partial charge in [0.25, 0.3) is 10.0 Å². The second-order valence-electron chi connectivity index (χ2n) is 4.37. The zero-order chi connectivity index (χ0) is 15.5. The third-order valence-electron chi connectivity index (χ3n) is 2.66. The molecule has 0 amide bonds. The SMILES string of the molecule is Cc1cnc(NS(=O)(=O)c2cc(C#CCN)ccc2C)s1. The van der Waals surface area contributed by atoms with Gasteiger partial charge in [0, 0.05) is 16.6 Å². The summed E-state index contributed by atoms with van der Waals surface area (Å²) >= 11 is 1.29. The van der Waals surface area contributed by atoms with Crippen molar-refractivity contribution in [1.29, 1.82) is 0 Å². The lowest BCUT2D eigenvalue weighted by Crippen LogP contribution is -2.14. The molecule has 0 radical (unpaired) electrons. The standard InChI is InChI=1S/C14H15N3O2S2/c1-10-5-6-12(4-3-7-15)8-13(10)21(18,19)17-14-16-9-11(2)20-14/h5-6,8-9H,7,15H2,1-2H3,(H,16,17). The molecule has 0 bridgehead atoms. The molecule has 0 aliphatic rings. The lowest BCUT2D eigenvalue weighted by atomic mass is 10.1. The summed E-state index contributed by atoms with van der Waals surface area (Å²) in [6, 6.07) is 5.04. The van der Waals surface area contributed by atoms with Crippen LogP contribution in [0.1, 0.15) is 16.0 Å². The molecule has 21 heavy (non-hydrogen) atoms. The van der Waals surface area contributed by atoms with Crippen LogP contribution in [0.4, 0.5) is 5.13 Å². The Balaban J connectivity index is 2.39. The maximum absolute atomic E-state index is 12.4. The fourth-order valence-corrected chi connectivity index (χ4v) is 3.87. The summed E-state index contributed by atoms with van der Waals surface area (Å²) in [5.41, 5.74) is 6.58. The average molecular weight is 321 g/mol. The Morgan fingerprint density at radius 3 is 2.76 bits per heavy atom. The molecule has 0 aliphatic carbocycles. The van der Waals surface area contributed by atoms with E-state index >= 15 is 0 Å². The Kier molecular flexibility index (Phi) is 4.63. The summed E-state index contributed by atoms with van der Waals surface area (Å²) in [4.78, 5) is 5.14. The second-order valence-corrected chi connectivity index (χ2v) is 7.25. The van der Waals surface area contributed by atoms with Gasteiger partial charge in [0.05, 0.1) is 11.4 Å². The molecule has 2 rings (SSSR count). The van der Waals surface area contributed by atoms with Gasteiger partial charge in [0.1, 0.15) is 0 Å². The van der Waals surface area contributed by atoms with E-state index in [0.29, 0.717) is 16.3 Å². The number of nitrogens with two attached hydrogens (primary N) is 1. The summed E-state index contributed by atoms with van der Waals surface area (Å²) < 4.78 is 27.4. The molecule has 1 heterocycles. The first-order valence-electron chi connectivity index (χ1n) is 6.17. The van der Waals surface area contributed by atoms with Gasteiger partial charge < -0.3 is 5.73 Å². The number of aromatic nitrogens is 1. The van der Waals surface area contributed by atoms with Crippen molar-refractivity contribution in [3.05, 3.63) is 40.4 Å². The molecule has 0 saturated heterocycles. The van der Waals surface area contributed by atoms with Crippen molar-refractivity contribution in [2.45, 2.75) is 18.7 Å². The Morgan fingerprint density at radius 1 is 1.38 bits per heavy atom. The van der Waals surface area contributed by atoms with Crippen LogP contribution in [0.3, 0.4) is 0 Å². The number of rotatable bonds is 3. The molecular weight excluding hydrogens is 306 g/mol. The third kappa shape index (κ3) is 3.82. The highest BCUT2D eigenvalue weighted by atomic mass is 32.2. The first kappa shape index (κ1) is 15.5. The number of nitrogens with zero attached hydrogens (tertiary/aromatic N) is 1. The summed E-state index contributed by atoms with van der Waals surface area (Å²) in [6.45, 7) is 3.83. The zero-order valence-electron chi connectivity index (χ0n) is 11.7. The van der Waals surface area contributed by atoms with Gasteiger partial charge in [0.15, 0.2) is 5.13 Å². The molecule has 5 nitrogen and oxygen atoms in total. The van der Waals surface area contributed by atoms with Crippen LogP contribution in [0, 0.1) is 25.7 Å². The Hall–Kier alpha value is -1.88. The van der Waals surface area contributed by atoms with E-state index in [1.165, 1.54) is 11.3 Å². The molecule has 3 N–H and O–H groups in total. The van der Waals surface area contributed by atoms with E-state index in [9.17, 15) is 8.42 Å². The van der Waals surface area contributed by atoms with Gasteiger partial charge >= 0.3 is 0 Å². The van der Waals surface area contributed by atoms with Gasteiger partial charge in [-0.2, -0.15) is 0 Å². The Labute approximate surface area is 128 Å². The highest BCUT2D eigenvalue weighted by Crippen LogP contribution is 2.23. The lowest BCUT2D eigenvalue weighted by Gasteiger charge is -2.08. The van der Waals surface area contributed by atoms with Gasteiger partial charge in [-0.1, -0.05) is 17.9 Å². The number of sulfonamides is 1. The second kappa shape index (κ2) is 6.26. The van der Waals surface area contributed by atoms with Crippen molar-refractivity contribution >= 4 is 26.5 Å². The van der Waals surface area contributed by atoms with Gasteiger partial charge in [-0.3, -0.25) is 4.72 Å². The van der Waals surface area contributed by atoms with Gasteiger partial charge in [-0.15, -0.1) is 11.3 Å². The van der Waals surface area contributed by atoms with Gasteiger partial charge in [0.2, 0.25) is 0 Å². The summed E-state index contributed by atoms with van der Waals surface area (Å²) in [5.74, 6) is 5.54. The minimum atomic E-state index is -3.68. The fourth-order valence-electron chi connectivity index (χ4n) is 1.69. The highest BCUT2D eigenvalue weighted by Gasteiger charge is 2.18. The summed E-state index contributed by atoms with van der Waals surface area (Å²) in [6.07, 6.45) is 1.62. The molecule has 0 fully saturated rings. The zero-order valence-corrected chi connectivity index (χ0v) is 13.3. The Morgan fingerprint density at radius 2 is 2.14 bits per heavy atom.